The summed E-state index contributed by atoms with van der Waals surface area (Å²) in [6, 6.07) is 1.04. The standard InChI is InChI=1S/C11H18N4O3/c1-3-11(4-2,6-12)15-9(17)7-5-8(16)14-10(18)13-7/h5H,3-4,6,12H2,1-2H3,(H,15,17)(H2,13,14,16,18). The van der Waals surface area contributed by atoms with Crippen LogP contribution in [0.25, 0.3) is 0 Å². The molecule has 0 bridgehead atoms. The number of carbonyl (C=O) groups is 1. The molecule has 1 amide bonds. The van der Waals surface area contributed by atoms with Crippen molar-refractivity contribution < 1.29 is 4.79 Å². The summed E-state index contributed by atoms with van der Waals surface area (Å²) in [5.41, 5.74) is 3.75. The van der Waals surface area contributed by atoms with Gasteiger partial charge >= 0.3 is 5.69 Å². The lowest BCUT2D eigenvalue weighted by Crippen LogP contribution is -2.53. The van der Waals surface area contributed by atoms with Crippen molar-refractivity contribution in [2.24, 2.45) is 5.73 Å². The predicted octanol–water partition coefficient (Wildman–Crippen LogP) is -0.689. The molecule has 0 fully saturated rings. The SMILES string of the molecule is CCC(CC)(CN)NC(=O)c1cc(=O)[nH]c(=O)[nH]1. The number of aromatic nitrogens is 2. The third kappa shape index (κ3) is 3.07. The summed E-state index contributed by atoms with van der Waals surface area (Å²) < 4.78 is 0. The number of H-pyrrole nitrogens is 2. The molecular weight excluding hydrogens is 236 g/mol. The highest BCUT2D eigenvalue weighted by Gasteiger charge is 2.27. The highest BCUT2D eigenvalue weighted by molar-refractivity contribution is 5.92. The van der Waals surface area contributed by atoms with E-state index >= 15 is 0 Å². The van der Waals surface area contributed by atoms with E-state index in [1.165, 1.54) is 0 Å². The number of amides is 1. The van der Waals surface area contributed by atoms with Gasteiger partial charge in [0, 0.05) is 12.6 Å². The van der Waals surface area contributed by atoms with Crippen molar-refractivity contribution in [1.29, 1.82) is 0 Å². The molecule has 0 atom stereocenters. The Bertz CT molecular complexity index is 491. The van der Waals surface area contributed by atoms with Gasteiger partial charge in [-0.25, -0.2) is 4.79 Å². The fraction of sp³-hybridized carbons (Fsp3) is 0.545. The summed E-state index contributed by atoms with van der Waals surface area (Å²) in [6.45, 7) is 4.12. The quantitative estimate of drug-likeness (QED) is 0.555. The van der Waals surface area contributed by atoms with E-state index in [1.54, 1.807) is 0 Å². The minimum absolute atomic E-state index is 0.0662. The van der Waals surface area contributed by atoms with E-state index < -0.39 is 22.7 Å². The van der Waals surface area contributed by atoms with Crippen molar-refractivity contribution in [2.75, 3.05) is 6.54 Å². The van der Waals surface area contributed by atoms with Gasteiger partial charge in [0.1, 0.15) is 5.69 Å². The molecule has 0 saturated heterocycles. The maximum absolute atomic E-state index is 12.0. The van der Waals surface area contributed by atoms with Gasteiger partial charge in [-0.1, -0.05) is 13.8 Å². The molecule has 0 aliphatic heterocycles. The Labute approximate surface area is 104 Å². The molecule has 100 valence electrons. The van der Waals surface area contributed by atoms with Gasteiger partial charge in [0.15, 0.2) is 0 Å². The average molecular weight is 254 g/mol. The molecule has 0 radical (unpaired) electrons. The second kappa shape index (κ2) is 5.63. The lowest BCUT2D eigenvalue weighted by Gasteiger charge is -2.31. The highest BCUT2D eigenvalue weighted by atomic mass is 16.2. The summed E-state index contributed by atoms with van der Waals surface area (Å²) in [4.78, 5) is 38.4. The zero-order valence-corrected chi connectivity index (χ0v) is 10.5. The van der Waals surface area contributed by atoms with Gasteiger partial charge in [-0.15, -0.1) is 0 Å². The zero-order valence-electron chi connectivity index (χ0n) is 10.5. The molecule has 0 saturated carbocycles. The van der Waals surface area contributed by atoms with Crippen LogP contribution < -0.4 is 22.3 Å². The fourth-order valence-electron chi connectivity index (χ4n) is 1.67. The van der Waals surface area contributed by atoms with Crippen molar-refractivity contribution in [3.05, 3.63) is 32.6 Å². The lowest BCUT2D eigenvalue weighted by atomic mass is 9.93. The van der Waals surface area contributed by atoms with Gasteiger partial charge in [-0.3, -0.25) is 14.6 Å². The molecule has 5 N–H and O–H groups in total. The van der Waals surface area contributed by atoms with Gasteiger partial charge in [-0.2, -0.15) is 0 Å². The molecule has 1 heterocycles. The van der Waals surface area contributed by atoms with Crippen LogP contribution in [-0.2, 0) is 0 Å². The molecule has 0 unspecified atom stereocenters. The van der Waals surface area contributed by atoms with Crippen LogP contribution in [0.2, 0.25) is 0 Å². The first-order valence-electron chi connectivity index (χ1n) is 5.82. The van der Waals surface area contributed by atoms with Crippen LogP contribution >= 0.6 is 0 Å². The number of aromatic amines is 2. The molecule has 0 spiro atoms. The Morgan fingerprint density at radius 2 is 1.94 bits per heavy atom. The largest absolute Gasteiger partial charge is 0.344 e. The predicted molar refractivity (Wildman–Crippen MR) is 67.5 cm³/mol. The molecule has 1 aromatic rings. The Morgan fingerprint density at radius 3 is 2.39 bits per heavy atom. The molecule has 1 aromatic heterocycles. The van der Waals surface area contributed by atoms with Gasteiger partial charge in [0.05, 0.1) is 5.54 Å². The van der Waals surface area contributed by atoms with Crippen LogP contribution in [0, 0.1) is 0 Å². The van der Waals surface area contributed by atoms with E-state index in [0.717, 1.165) is 6.07 Å². The second-order valence-electron chi connectivity index (χ2n) is 4.15. The lowest BCUT2D eigenvalue weighted by molar-refractivity contribution is 0.0889. The number of hydrogen-bond donors (Lipinski definition) is 4. The monoisotopic (exact) mass is 254 g/mol. The van der Waals surface area contributed by atoms with E-state index in [0.29, 0.717) is 19.4 Å². The summed E-state index contributed by atoms with van der Waals surface area (Å²) >= 11 is 0. The number of rotatable bonds is 5. The minimum Gasteiger partial charge on any atom is -0.344 e. The molecular formula is C11H18N4O3. The van der Waals surface area contributed by atoms with E-state index in [1.807, 2.05) is 18.8 Å². The van der Waals surface area contributed by atoms with Crippen LogP contribution in [0.1, 0.15) is 37.2 Å². The molecule has 0 aliphatic carbocycles. The molecule has 1 rings (SSSR count). The highest BCUT2D eigenvalue weighted by Crippen LogP contribution is 2.13. The zero-order chi connectivity index (χ0) is 13.8. The first-order chi connectivity index (χ1) is 8.46. The van der Waals surface area contributed by atoms with Gasteiger partial charge in [0.2, 0.25) is 0 Å². The third-order valence-corrected chi connectivity index (χ3v) is 3.13. The summed E-state index contributed by atoms with van der Waals surface area (Å²) in [6.07, 6.45) is 1.33. The van der Waals surface area contributed by atoms with Gasteiger partial charge < -0.3 is 16.0 Å². The van der Waals surface area contributed by atoms with E-state index in [4.69, 9.17) is 5.73 Å². The number of nitrogens with two attached hydrogens (primary N) is 1. The van der Waals surface area contributed by atoms with Crippen molar-refractivity contribution >= 4 is 5.91 Å². The Kier molecular flexibility index (Phi) is 4.43. The average Bonchev–Trinajstić information content (AvgIpc) is 2.35. The van der Waals surface area contributed by atoms with Crippen LogP contribution in [0.4, 0.5) is 0 Å². The first kappa shape index (κ1) is 14.2. The molecule has 0 aliphatic rings. The molecule has 7 heteroatoms. The topological polar surface area (TPSA) is 121 Å². The van der Waals surface area contributed by atoms with Crippen LogP contribution in [0.3, 0.4) is 0 Å². The summed E-state index contributed by atoms with van der Waals surface area (Å²) in [5, 5.41) is 2.76. The molecule has 18 heavy (non-hydrogen) atoms. The van der Waals surface area contributed by atoms with Crippen molar-refractivity contribution in [1.82, 2.24) is 15.3 Å². The van der Waals surface area contributed by atoms with Crippen molar-refractivity contribution in [3.63, 3.8) is 0 Å². The summed E-state index contributed by atoms with van der Waals surface area (Å²) in [5.74, 6) is -0.507. The van der Waals surface area contributed by atoms with E-state index in [2.05, 4.69) is 10.3 Å². The Balaban J connectivity index is 3.01. The smallest absolute Gasteiger partial charge is 0.326 e. The van der Waals surface area contributed by atoms with Crippen LogP contribution in [-0.4, -0.2) is 28.0 Å². The normalized spacial score (nSPS) is 11.3. The Hall–Kier alpha value is -1.89. The van der Waals surface area contributed by atoms with Crippen LogP contribution in [0.15, 0.2) is 15.7 Å². The second-order valence-corrected chi connectivity index (χ2v) is 4.15. The number of nitrogens with one attached hydrogen (secondary N) is 3. The van der Waals surface area contributed by atoms with Gasteiger partial charge in [-0.05, 0) is 12.8 Å². The number of carbonyl (C=O) groups excluding carboxylic acids is 1. The maximum atomic E-state index is 12.0. The summed E-state index contributed by atoms with van der Waals surface area (Å²) in [7, 11) is 0. The maximum Gasteiger partial charge on any atom is 0.326 e. The van der Waals surface area contributed by atoms with E-state index in [-0.39, 0.29) is 5.69 Å². The fourth-order valence-corrected chi connectivity index (χ4v) is 1.67. The van der Waals surface area contributed by atoms with E-state index in [9.17, 15) is 14.4 Å². The molecule has 0 aromatic carbocycles. The third-order valence-electron chi connectivity index (χ3n) is 3.13. The number of hydrogen-bond acceptors (Lipinski definition) is 4. The van der Waals surface area contributed by atoms with Crippen molar-refractivity contribution in [2.45, 2.75) is 32.2 Å². The molecule has 7 nitrogen and oxygen atoms in total. The van der Waals surface area contributed by atoms with Crippen LogP contribution in [0.5, 0.6) is 0 Å². The van der Waals surface area contributed by atoms with Gasteiger partial charge in [0.25, 0.3) is 11.5 Å². The minimum atomic E-state index is -0.709. The Morgan fingerprint density at radius 1 is 1.33 bits per heavy atom. The van der Waals surface area contributed by atoms with Crippen molar-refractivity contribution in [3.8, 4) is 0 Å². The first-order valence-corrected chi connectivity index (χ1v) is 5.82.